The third-order valence-electron chi connectivity index (χ3n) is 8.59. The molecule has 206 valence electrons. The Morgan fingerprint density at radius 3 is 1.82 bits per heavy atom. The molecule has 0 bridgehead atoms. The van der Waals surface area contributed by atoms with Crippen molar-refractivity contribution in [2.24, 2.45) is 0 Å². The number of pyridine rings is 1. The van der Waals surface area contributed by atoms with Gasteiger partial charge in [0.25, 0.3) is 0 Å². The van der Waals surface area contributed by atoms with E-state index in [9.17, 15) is 0 Å². The summed E-state index contributed by atoms with van der Waals surface area (Å²) in [5.74, 6) is 0.858. The molecule has 0 amide bonds. The molecule has 0 radical (unpaired) electrons. The van der Waals surface area contributed by atoms with Gasteiger partial charge in [-0.05, 0) is 58.3 Å². The summed E-state index contributed by atoms with van der Waals surface area (Å²) in [4.78, 5) is 10.3. The van der Waals surface area contributed by atoms with Crippen LogP contribution in [0.1, 0.15) is 0 Å². The molecule has 0 N–H and O–H groups in total. The van der Waals surface area contributed by atoms with Crippen molar-refractivity contribution >= 4 is 43.7 Å². The van der Waals surface area contributed by atoms with Gasteiger partial charge < -0.3 is 4.57 Å². The molecule has 44 heavy (non-hydrogen) atoms. The van der Waals surface area contributed by atoms with Gasteiger partial charge in [0.15, 0.2) is 5.65 Å². The molecular weight excluding hydrogens is 536 g/mol. The zero-order chi connectivity index (χ0) is 29.0. The second-order valence-corrected chi connectivity index (χ2v) is 11.1. The van der Waals surface area contributed by atoms with Gasteiger partial charge in [0, 0.05) is 28.2 Å². The maximum absolute atomic E-state index is 5.35. The van der Waals surface area contributed by atoms with E-state index >= 15 is 0 Å². The summed E-state index contributed by atoms with van der Waals surface area (Å²) in [5, 5.41) is 4.93. The third kappa shape index (κ3) is 3.78. The Bertz CT molecular complexity index is 2430. The molecule has 0 saturated heterocycles. The van der Waals surface area contributed by atoms with Crippen molar-refractivity contribution in [3.05, 3.63) is 158 Å². The zero-order valence-electron chi connectivity index (χ0n) is 23.8. The fraction of sp³-hybridized carbons (Fsp3) is 0. The van der Waals surface area contributed by atoms with Crippen LogP contribution in [0.5, 0.6) is 0 Å². The average molecular weight is 563 g/mol. The Balaban J connectivity index is 1.26. The number of hydrogen-bond donors (Lipinski definition) is 0. The lowest BCUT2D eigenvalue weighted by Crippen LogP contribution is -1.99. The molecule has 0 aliphatic carbocycles. The highest BCUT2D eigenvalue weighted by Gasteiger charge is 2.21. The molecule has 9 aromatic rings. The molecule has 4 heteroatoms. The van der Waals surface area contributed by atoms with Crippen LogP contribution in [0.4, 0.5) is 0 Å². The second kappa shape index (κ2) is 9.79. The summed E-state index contributed by atoms with van der Waals surface area (Å²) in [5.41, 5.74) is 9.42. The van der Waals surface area contributed by atoms with Crippen LogP contribution >= 0.6 is 0 Å². The van der Waals surface area contributed by atoms with E-state index in [0.717, 1.165) is 45.0 Å². The van der Waals surface area contributed by atoms with Crippen molar-refractivity contribution in [1.82, 2.24) is 19.1 Å². The Hall–Kier alpha value is -6.00. The van der Waals surface area contributed by atoms with Crippen molar-refractivity contribution in [3.63, 3.8) is 0 Å². The minimum atomic E-state index is 0.823. The first-order valence-corrected chi connectivity index (χ1v) is 14.8. The van der Waals surface area contributed by atoms with Crippen molar-refractivity contribution < 1.29 is 0 Å². The summed E-state index contributed by atoms with van der Waals surface area (Å²) in [6, 6.07) is 53.5. The van der Waals surface area contributed by atoms with Gasteiger partial charge >= 0.3 is 0 Å². The standard InChI is InChI=1S/C40H26N4/c1-2-12-32(13-3-1)43-39(29-21-18-28(19-22-29)31-23-20-27-10-4-5-11-30(27)26-31)42-38-37(24-25-41-40(38)43)44-35-16-8-6-14-33(35)34-15-7-9-17-36(34)44/h1-26H. The molecule has 9 rings (SSSR count). The van der Waals surface area contributed by atoms with E-state index in [0.29, 0.717) is 0 Å². The number of nitrogens with zero attached hydrogens (tertiary/aromatic N) is 4. The van der Waals surface area contributed by atoms with Crippen LogP contribution < -0.4 is 0 Å². The van der Waals surface area contributed by atoms with E-state index in [-0.39, 0.29) is 0 Å². The minimum absolute atomic E-state index is 0.823. The molecule has 0 aliphatic rings. The van der Waals surface area contributed by atoms with E-state index in [1.165, 1.54) is 32.7 Å². The largest absolute Gasteiger partial charge is 0.307 e. The molecule has 0 saturated carbocycles. The molecule has 4 nitrogen and oxygen atoms in total. The molecule has 0 aliphatic heterocycles. The average Bonchev–Trinajstić information content (AvgIpc) is 3.65. The predicted octanol–water partition coefficient (Wildman–Crippen LogP) is 10.0. The lowest BCUT2D eigenvalue weighted by atomic mass is 10.00. The number of hydrogen-bond acceptors (Lipinski definition) is 2. The summed E-state index contributed by atoms with van der Waals surface area (Å²) in [6.45, 7) is 0. The number of rotatable bonds is 4. The fourth-order valence-corrected chi connectivity index (χ4v) is 6.52. The molecule has 3 heterocycles. The van der Waals surface area contributed by atoms with Gasteiger partial charge in [-0.3, -0.25) is 4.57 Å². The summed E-state index contributed by atoms with van der Waals surface area (Å²) in [7, 11) is 0. The topological polar surface area (TPSA) is 35.6 Å². The maximum Gasteiger partial charge on any atom is 0.167 e. The SMILES string of the molecule is c1ccc(-n2c(-c3ccc(-c4ccc5ccccc5c4)cc3)nc3c(-n4c5ccccc5c5ccccc54)ccnc32)cc1. The number of fused-ring (bicyclic) bond motifs is 5. The zero-order valence-corrected chi connectivity index (χ0v) is 23.8. The van der Waals surface area contributed by atoms with E-state index in [2.05, 4.69) is 155 Å². The van der Waals surface area contributed by atoms with Crippen LogP contribution in [0.3, 0.4) is 0 Å². The summed E-state index contributed by atoms with van der Waals surface area (Å²) in [6.07, 6.45) is 1.90. The molecule has 0 spiro atoms. The number of benzene rings is 6. The van der Waals surface area contributed by atoms with Gasteiger partial charge in [-0.2, -0.15) is 0 Å². The van der Waals surface area contributed by atoms with Crippen LogP contribution in [-0.2, 0) is 0 Å². The Labute approximate surface area is 254 Å². The maximum atomic E-state index is 5.35. The highest BCUT2D eigenvalue weighted by molar-refractivity contribution is 6.10. The third-order valence-corrected chi connectivity index (χ3v) is 8.59. The first kappa shape index (κ1) is 24.6. The van der Waals surface area contributed by atoms with Gasteiger partial charge in [0.1, 0.15) is 11.3 Å². The van der Waals surface area contributed by atoms with Gasteiger partial charge in [-0.1, -0.05) is 115 Å². The van der Waals surface area contributed by atoms with Crippen LogP contribution in [0, 0.1) is 0 Å². The Morgan fingerprint density at radius 2 is 1.07 bits per heavy atom. The van der Waals surface area contributed by atoms with Crippen molar-refractivity contribution in [1.29, 1.82) is 0 Å². The van der Waals surface area contributed by atoms with Crippen molar-refractivity contribution in [2.75, 3.05) is 0 Å². The first-order valence-electron chi connectivity index (χ1n) is 14.8. The van der Waals surface area contributed by atoms with Gasteiger partial charge in [0.05, 0.1) is 16.7 Å². The highest BCUT2D eigenvalue weighted by atomic mass is 15.1. The number of imidazole rings is 1. The normalized spacial score (nSPS) is 11.6. The van der Waals surface area contributed by atoms with Crippen molar-refractivity contribution in [3.8, 4) is 33.9 Å². The van der Waals surface area contributed by atoms with Crippen LogP contribution in [-0.4, -0.2) is 19.1 Å². The lowest BCUT2D eigenvalue weighted by Gasteiger charge is -2.10. The molecular formula is C40H26N4. The predicted molar refractivity (Wildman–Crippen MR) is 182 cm³/mol. The van der Waals surface area contributed by atoms with Gasteiger partial charge in [-0.25, -0.2) is 9.97 Å². The minimum Gasteiger partial charge on any atom is -0.307 e. The molecule has 0 atom stereocenters. The van der Waals surface area contributed by atoms with E-state index in [4.69, 9.17) is 9.97 Å². The number of para-hydroxylation sites is 3. The van der Waals surface area contributed by atoms with E-state index in [1.807, 2.05) is 12.3 Å². The van der Waals surface area contributed by atoms with Crippen molar-refractivity contribution in [2.45, 2.75) is 0 Å². The molecule has 6 aromatic carbocycles. The van der Waals surface area contributed by atoms with Crippen LogP contribution in [0.25, 0.3) is 77.6 Å². The fourth-order valence-electron chi connectivity index (χ4n) is 6.52. The Kier molecular flexibility index (Phi) is 5.47. The smallest absolute Gasteiger partial charge is 0.167 e. The quantitative estimate of drug-likeness (QED) is 0.214. The second-order valence-electron chi connectivity index (χ2n) is 11.1. The van der Waals surface area contributed by atoms with Crippen LogP contribution in [0.15, 0.2) is 158 Å². The molecule has 0 unspecified atom stereocenters. The Morgan fingerprint density at radius 1 is 0.455 bits per heavy atom. The lowest BCUT2D eigenvalue weighted by molar-refractivity contribution is 1.08. The number of aromatic nitrogens is 4. The molecule has 3 aromatic heterocycles. The van der Waals surface area contributed by atoms with E-state index < -0.39 is 0 Å². The van der Waals surface area contributed by atoms with Crippen LogP contribution in [0.2, 0.25) is 0 Å². The monoisotopic (exact) mass is 562 g/mol. The van der Waals surface area contributed by atoms with Gasteiger partial charge in [0.2, 0.25) is 0 Å². The van der Waals surface area contributed by atoms with E-state index in [1.54, 1.807) is 0 Å². The van der Waals surface area contributed by atoms with Gasteiger partial charge in [-0.15, -0.1) is 0 Å². The summed E-state index contributed by atoms with van der Waals surface area (Å²) < 4.78 is 4.50. The molecule has 0 fully saturated rings. The highest BCUT2D eigenvalue weighted by Crippen LogP contribution is 2.36. The summed E-state index contributed by atoms with van der Waals surface area (Å²) >= 11 is 0. The first-order chi connectivity index (χ1) is 21.8.